The van der Waals surface area contributed by atoms with Crippen LogP contribution in [0.25, 0.3) is 11.1 Å². The van der Waals surface area contributed by atoms with Gasteiger partial charge < -0.3 is 9.47 Å². The quantitative estimate of drug-likeness (QED) is 0.895. The first-order valence-corrected chi connectivity index (χ1v) is 5.04. The fourth-order valence-corrected chi connectivity index (χ4v) is 1.75. The second-order valence-corrected chi connectivity index (χ2v) is 3.61. The summed E-state index contributed by atoms with van der Waals surface area (Å²) in [6.07, 6.45) is 3.47. The van der Waals surface area contributed by atoms with Crippen molar-refractivity contribution in [3.05, 3.63) is 29.5 Å². The van der Waals surface area contributed by atoms with Crippen molar-refractivity contribution in [3.63, 3.8) is 0 Å². The average molecular weight is 239 g/mol. The SMILES string of the molecule is COc1cc(Cl)cc(-c2cn[nH]c2)c1OC. The van der Waals surface area contributed by atoms with E-state index < -0.39 is 0 Å². The maximum absolute atomic E-state index is 6.01. The molecule has 0 aliphatic rings. The molecule has 84 valence electrons. The lowest BCUT2D eigenvalue weighted by molar-refractivity contribution is 0.356. The Balaban J connectivity index is 2.63. The maximum Gasteiger partial charge on any atom is 0.168 e. The van der Waals surface area contributed by atoms with Gasteiger partial charge >= 0.3 is 0 Å². The van der Waals surface area contributed by atoms with Gasteiger partial charge in [0.25, 0.3) is 0 Å². The molecule has 0 radical (unpaired) electrons. The Morgan fingerprint density at radius 1 is 1.25 bits per heavy atom. The number of benzene rings is 1. The molecule has 16 heavy (non-hydrogen) atoms. The van der Waals surface area contributed by atoms with Crippen LogP contribution < -0.4 is 9.47 Å². The molecule has 0 amide bonds. The highest BCUT2D eigenvalue weighted by Gasteiger charge is 2.13. The number of rotatable bonds is 3. The lowest BCUT2D eigenvalue weighted by atomic mass is 10.1. The van der Waals surface area contributed by atoms with Crippen molar-refractivity contribution in [2.75, 3.05) is 14.2 Å². The van der Waals surface area contributed by atoms with Crippen molar-refractivity contribution in [2.45, 2.75) is 0 Å². The molecule has 0 saturated heterocycles. The predicted molar refractivity (Wildman–Crippen MR) is 62.1 cm³/mol. The van der Waals surface area contributed by atoms with Gasteiger partial charge in [-0.1, -0.05) is 11.6 Å². The first-order valence-electron chi connectivity index (χ1n) is 4.67. The molecule has 0 fully saturated rings. The molecular weight excluding hydrogens is 228 g/mol. The molecule has 1 N–H and O–H groups in total. The van der Waals surface area contributed by atoms with E-state index in [4.69, 9.17) is 21.1 Å². The molecule has 0 unspecified atom stereocenters. The van der Waals surface area contributed by atoms with E-state index in [0.29, 0.717) is 16.5 Å². The lowest BCUT2D eigenvalue weighted by Crippen LogP contribution is -1.93. The lowest BCUT2D eigenvalue weighted by Gasteiger charge is -2.12. The summed E-state index contributed by atoms with van der Waals surface area (Å²) in [5, 5.41) is 7.23. The van der Waals surface area contributed by atoms with E-state index >= 15 is 0 Å². The third kappa shape index (κ3) is 1.84. The zero-order valence-electron chi connectivity index (χ0n) is 8.95. The van der Waals surface area contributed by atoms with Gasteiger partial charge in [-0.3, -0.25) is 5.10 Å². The summed E-state index contributed by atoms with van der Waals surface area (Å²) in [5.74, 6) is 1.25. The number of aromatic nitrogens is 2. The van der Waals surface area contributed by atoms with Crippen LogP contribution in [0.2, 0.25) is 5.02 Å². The molecule has 0 aliphatic carbocycles. The predicted octanol–water partition coefficient (Wildman–Crippen LogP) is 2.75. The van der Waals surface area contributed by atoms with Gasteiger partial charge in [-0.05, 0) is 6.07 Å². The van der Waals surface area contributed by atoms with Gasteiger partial charge in [0.2, 0.25) is 0 Å². The van der Waals surface area contributed by atoms with Gasteiger partial charge in [-0.2, -0.15) is 5.10 Å². The van der Waals surface area contributed by atoms with Crippen molar-refractivity contribution in [1.82, 2.24) is 10.2 Å². The van der Waals surface area contributed by atoms with E-state index in [0.717, 1.165) is 11.1 Å². The highest BCUT2D eigenvalue weighted by atomic mass is 35.5. The number of nitrogens with one attached hydrogen (secondary N) is 1. The second kappa shape index (κ2) is 4.45. The molecule has 2 rings (SSSR count). The second-order valence-electron chi connectivity index (χ2n) is 3.18. The van der Waals surface area contributed by atoms with Gasteiger partial charge in [-0.25, -0.2) is 0 Å². The minimum absolute atomic E-state index is 0.592. The molecule has 0 bridgehead atoms. The largest absolute Gasteiger partial charge is 0.493 e. The summed E-state index contributed by atoms with van der Waals surface area (Å²) >= 11 is 6.01. The van der Waals surface area contributed by atoms with Crippen LogP contribution in [0.15, 0.2) is 24.5 Å². The van der Waals surface area contributed by atoms with Crippen LogP contribution >= 0.6 is 11.6 Å². The Morgan fingerprint density at radius 3 is 2.62 bits per heavy atom. The van der Waals surface area contributed by atoms with Gasteiger partial charge in [0.05, 0.1) is 20.4 Å². The van der Waals surface area contributed by atoms with E-state index in [1.54, 1.807) is 32.7 Å². The van der Waals surface area contributed by atoms with Crippen LogP contribution in [-0.2, 0) is 0 Å². The summed E-state index contributed by atoms with van der Waals surface area (Å²) in [5.41, 5.74) is 1.75. The Kier molecular flexibility index (Phi) is 3.01. The number of ether oxygens (including phenoxy) is 2. The fraction of sp³-hybridized carbons (Fsp3) is 0.182. The Morgan fingerprint density at radius 2 is 2.06 bits per heavy atom. The molecule has 0 saturated carbocycles. The Labute approximate surface area is 98.1 Å². The summed E-state index contributed by atoms with van der Waals surface area (Å²) in [7, 11) is 3.17. The minimum atomic E-state index is 0.592. The summed E-state index contributed by atoms with van der Waals surface area (Å²) < 4.78 is 10.5. The normalized spacial score (nSPS) is 10.2. The van der Waals surface area contributed by atoms with E-state index in [2.05, 4.69) is 10.2 Å². The first-order chi connectivity index (χ1) is 7.76. The summed E-state index contributed by atoms with van der Waals surface area (Å²) in [4.78, 5) is 0. The molecule has 0 atom stereocenters. The average Bonchev–Trinajstić information content (AvgIpc) is 2.81. The van der Waals surface area contributed by atoms with E-state index in [-0.39, 0.29) is 0 Å². The summed E-state index contributed by atoms with van der Waals surface area (Å²) in [6, 6.07) is 3.53. The monoisotopic (exact) mass is 238 g/mol. The summed E-state index contributed by atoms with van der Waals surface area (Å²) in [6.45, 7) is 0. The molecule has 4 nitrogen and oxygen atoms in total. The molecule has 0 aliphatic heterocycles. The molecule has 0 spiro atoms. The highest BCUT2D eigenvalue weighted by Crippen LogP contribution is 2.40. The molecule has 1 aromatic heterocycles. The molecule has 1 aromatic carbocycles. The van der Waals surface area contributed by atoms with E-state index in [1.807, 2.05) is 6.07 Å². The molecule has 5 heteroatoms. The van der Waals surface area contributed by atoms with Crippen LogP contribution in [0, 0.1) is 0 Å². The van der Waals surface area contributed by atoms with Crippen molar-refractivity contribution in [2.24, 2.45) is 0 Å². The minimum Gasteiger partial charge on any atom is -0.493 e. The van der Waals surface area contributed by atoms with Crippen LogP contribution in [0.1, 0.15) is 0 Å². The number of hydrogen-bond donors (Lipinski definition) is 1. The topological polar surface area (TPSA) is 47.1 Å². The van der Waals surface area contributed by atoms with Crippen LogP contribution in [0.3, 0.4) is 0 Å². The third-order valence-corrected chi connectivity index (χ3v) is 2.47. The van der Waals surface area contributed by atoms with Gasteiger partial charge in [-0.15, -0.1) is 0 Å². The van der Waals surface area contributed by atoms with Crippen molar-refractivity contribution in [3.8, 4) is 22.6 Å². The number of H-pyrrole nitrogens is 1. The molecule has 1 heterocycles. The number of halogens is 1. The van der Waals surface area contributed by atoms with Crippen molar-refractivity contribution < 1.29 is 9.47 Å². The number of nitrogens with zero attached hydrogens (tertiary/aromatic N) is 1. The van der Waals surface area contributed by atoms with Crippen LogP contribution in [-0.4, -0.2) is 24.4 Å². The standard InChI is InChI=1S/C11H11ClN2O2/c1-15-10-4-8(12)3-9(11(10)16-2)7-5-13-14-6-7/h3-6H,1-2H3,(H,13,14). The van der Waals surface area contributed by atoms with Crippen LogP contribution in [0.5, 0.6) is 11.5 Å². The zero-order chi connectivity index (χ0) is 11.5. The van der Waals surface area contributed by atoms with E-state index in [1.165, 1.54) is 0 Å². The maximum atomic E-state index is 6.01. The third-order valence-electron chi connectivity index (χ3n) is 2.25. The molecular formula is C11H11ClN2O2. The van der Waals surface area contributed by atoms with Gasteiger partial charge in [0.15, 0.2) is 11.5 Å². The van der Waals surface area contributed by atoms with E-state index in [9.17, 15) is 0 Å². The fourth-order valence-electron chi connectivity index (χ4n) is 1.54. The highest BCUT2D eigenvalue weighted by molar-refractivity contribution is 6.31. The van der Waals surface area contributed by atoms with Gasteiger partial charge in [0, 0.05) is 28.4 Å². The Hall–Kier alpha value is -1.68. The zero-order valence-corrected chi connectivity index (χ0v) is 9.71. The number of hydrogen-bond acceptors (Lipinski definition) is 3. The number of methoxy groups -OCH3 is 2. The molecule has 2 aromatic rings. The van der Waals surface area contributed by atoms with Gasteiger partial charge in [0.1, 0.15) is 0 Å². The number of aromatic amines is 1. The van der Waals surface area contributed by atoms with Crippen molar-refractivity contribution in [1.29, 1.82) is 0 Å². The van der Waals surface area contributed by atoms with Crippen LogP contribution in [0.4, 0.5) is 0 Å². The Bertz CT molecular complexity index is 483. The smallest absolute Gasteiger partial charge is 0.168 e. The first kappa shape index (κ1) is 10.8. The van der Waals surface area contributed by atoms with Crippen molar-refractivity contribution >= 4 is 11.6 Å².